The number of carbonyl (C=O) groups excluding carboxylic acids is 1. The Bertz CT molecular complexity index is 818. The summed E-state index contributed by atoms with van der Waals surface area (Å²) in [6.45, 7) is 3.63. The number of alkyl halides is 3. The second-order valence-corrected chi connectivity index (χ2v) is 7.00. The first-order valence-corrected chi connectivity index (χ1v) is 9.27. The molecular formula is C20H22F4N4O. The minimum Gasteiger partial charge on any atom is -0.351 e. The van der Waals surface area contributed by atoms with Crippen molar-refractivity contribution < 1.29 is 22.4 Å². The zero-order valence-electron chi connectivity index (χ0n) is 15.8. The molecule has 5 nitrogen and oxygen atoms in total. The standard InChI is InChI=1S/C20H22F4N4O/c21-17-3-1-15(2-4-17)12-26-19(29)14-28-9-7-27(8-10-28)13-16-5-6-25-18(11-16)20(22,23)24/h1-6,11H,7-10,12-14H2,(H,26,29). The molecule has 1 N–H and O–H groups in total. The largest absolute Gasteiger partial charge is 0.433 e. The summed E-state index contributed by atoms with van der Waals surface area (Å²) < 4.78 is 51.2. The van der Waals surface area contributed by atoms with E-state index >= 15 is 0 Å². The van der Waals surface area contributed by atoms with Gasteiger partial charge in [0.2, 0.25) is 5.91 Å². The van der Waals surface area contributed by atoms with E-state index in [1.165, 1.54) is 18.3 Å². The van der Waals surface area contributed by atoms with Gasteiger partial charge < -0.3 is 5.32 Å². The molecule has 1 aromatic carbocycles. The van der Waals surface area contributed by atoms with Gasteiger partial charge in [-0.15, -0.1) is 0 Å². The minimum atomic E-state index is -4.45. The van der Waals surface area contributed by atoms with E-state index in [4.69, 9.17) is 0 Å². The molecule has 1 saturated heterocycles. The molecule has 0 unspecified atom stereocenters. The molecule has 1 aliphatic rings. The zero-order valence-corrected chi connectivity index (χ0v) is 15.8. The van der Waals surface area contributed by atoms with Crippen LogP contribution in [0.3, 0.4) is 0 Å². The molecule has 156 valence electrons. The third kappa shape index (κ3) is 6.50. The molecule has 1 fully saturated rings. The number of piperazine rings is 1. The molecule has 0 radical (unpaired) electrons. The first kappa shape index (κ1) is 21.2. The fourth-order valence-electron chi connectivity index (χ4n) is 3.15. The van der Waals surface area contributed by atoms with E-state index in [0.29, 0.717) is 44.8 Å². The van der Waals surface area contributed by atoms with Crippen molar-refractivity contribution in [1.82, 2.24) is 20.1 Å². The Hall–Kier alpha value is -2.52. The summed E-state index contributed by atoms with van der Waals surface area (Å²) in [4.78, 5) is 19.5. The third-order valence-electron chi connectivity index (χ3n) is 4.76. The lowest BCUT2D eigenvalue weighted by molar-refractivity contribution is -0.141. The molecule has 1 aromatic heterocycles. The van der Waals surface area contributed by atoms with Crippen molar-refractivity contribution >= 4 is 5.91 Å². The summed E-state index contributed by atoms with van der Waals surface area (Å²) in [5.74, 6) is -0.439. The normalized spacial score (nSPS) is 16.0. The van der Waals surface area contributed by atoms with E-state index in [1.807, 2.05) is 4.90 Å². The van der Waals surface area contributed by atoms with Crippen LogP contribution in [0.25, 0.3) is 0 Å². The van der Waals surface area contributed by atoms with E-state index in [-0.39, 0.29) is 18.3 Å². The second-order valence-electron chi connectivity index (χ2n) is 7.00. The Kier molecular flexibility index (Phi) is 6.81. The lowest BCUT2D eigenvalue weighted by atomic mass is 10.2. The van der Waals surface area contributed by atoms with Crippen LogP contribution in [0.5, 0.6) is 0 Å². The van der Waals surface area contributed by atoms with Crippen molar-refractivity contribution in [3.8, 4) is 0 Å². The van der Waals surface area contributed by atoms with Crippen LogP contribution in [0.1, 0.15) is 16.8 Å². The summed E-state index contributed by atoms with van der Waals surface area (Å²) in [6, 6.07) is 8.61. The Morgan fingerprint density at radius 2 is 1.66 bits per heavy atom. The predicted molar refractivity (Wildman–Crippen MR) is 99.2 cm³/mol. The number of hydrogen-bond donors (Lipinski definition) is 1. The molecule has 0 aliphatic carbocycles. The molecule has 1 amide bonds. The quantitative estimate of drug-likeness (QED) is 0.744. The van der Waals surface area contributed by atoms with E-state index in [9.17, 15) is 22.4 Å². The molecule has 0 atom stereocenters. The number of pyridine rings is 1. The molecule has 0 spiro atoms. The first-order chi connectivity index (χ1) is 13.8. The van der Waals surface area contributed by atoms with E-state index in [0.717, 1.165) is 11.6 Å². The van der Waals surface area contributed by atoms with Gasteiger partial charge in [0.15, 0.2) is 0 Å². The average molecular weight is 410 g/mol. The van der Waals surface area contributed by atoms with Crippen LogP contribution in [0, 0.1) is 5.82 Å². The number of hydrogen-bond acceptors (Lipinski definition) is 4. The molecular weight excluding hydrogens is 388 g/mol. The topological polar surface area (TPSA) is 48.5 Å². The van der Waals surface area contributed by atoms with Crippen molar-refractivity contribution in [1.29, 1.82) is 0 Å². The van der Waals surface area contributed by atoms with Crippen molar-refractivity contribution in [2.45, 2.75) is 19.3 Å². The Labute approximate surface area is 166 Å². The number of rotatable bonds is 6. The summed E-state index contributed by atoms with van der Waals surface area (Å²) in [5, 5.41) is 2.81. The lowest BCUT2D eigenvalue weighted by Gasteiger charge is -2.34. The maximum absolute atomic E-state index is 12.9. The molecule has 9 heteroatoms. The summed E-state index contributed by atoms with van der Waals surface area (Å²) in [6.07, 6.45) is -3.27. The molecule has 2 aromatic rings. The Morgan fingerprint density at radius 1 is 1.00 bits per heavy atom. The monoisotopic (exact) mass is 410 g/mol. The number of carbonyl (C=O) groups is 1. The van der Waals surface area contributed by atoms with Gasteiger partial charge in [-0.1, -0.05) is 12.1 Å². The van der Waals surface area contributed by atoms with Crippen LogP contribution < -0.4 is 5.32 Å². The smallest absolute Gasteiger partial charge is 0.351 e. The number of aromatic nitrogens is 1. The molecule has 0 bridgehead atoms. The Morgan fingerprint density at radius 3 is 2.31 bits per heavy atom. The lowest BCUT2D eigenvalue weighted by Crippen LogP contribution is -2.49. The van der Waals surface area contributed by atoms with Gasteiger partial charge >= 0.3 is 6.18 Å². The van der Waals surface area contributed by atoms with E-state index in [1.54, 1.807) is 18.2 Å². The number of benzene rings is 1. The average Bonchev–Trinajstić information content (AvgIpc) is 2.69. The first-order valence-electron chi connectivity index (χ1n) is 9.27. The highest BCUT2D eigenvalue weighted by Crippen LogP contribution is 2.28. The van der Waals surface area contributed by atoms with Crippen LogP contribution in [-0.2, 0) is 24.1 Å². The van der Waals surface area contributed by atoms with Crippen LogP contribution in [0.4, 0.5) is 17.6 Å². The van der Waals surface area contributed by atoms with Gasteiger partial charge in [0.25, 0.3) is 0 Å². The van der Waals surface area contributed by atoms with Crippen molar-refractivity contribution in [2.24, 2.45) is 0 Å². The molecule has 1 aliphatic heterocycles. The van der Waals surface area contributed by atoms with Crippen molar-refractivity contribution in [3.05, 3.63) is 65.2 Å². The van der Waals surface area contributed by atoms with Crippen LogP contribution in [0.15, 0.2) is 42.6 Å². The summed E-state index contributed by atoms with van der Waals surface area (Å²) in [7, 11) is 0. The number of amides is 1. The number of nitrogens with zero attached hydrogens (tertiary/aromatic N) is 3. The van der Waals surface area contributed by atoms with Gasteiger partial charge in [-0.3, -0.25) is 19.6 Å². The maximum Gasteiger partial charge on any atom is 0.433 e. The fourth-order valence-corrected chi connectivity index (χ4v) is 3.15. The Balaban J connectivity index is 1.41. The van der Waals surface area contributed by atoms with Gasteiger partial charge in [-0.2, -0.15) is 13.2 Å². The van der Waals surface area contributed by atoms with Crippen molar-refractivity contribution in [2.75, 3.05) is 32.7 Å². The predicted octanol–water partition coefficient (Wildman–Crippen LogP) is 2.67. The minimum absolute atomic E-state index is 0.119. The molecule has 3 rings (SSSR count). The highest BCUT2D eigenvalue weighted by molar-refractivity contribution is 5.78. The fraction of sp³-hybridized carbons (Fsp3) is 0.400. The molecule has 0 saturated carbocycles. The molecule has 29 heavy (non-hydrogen) atoms. The SMILES string of the molecule is O=C(CN1CCN(Cc2ccnc(C(F)(F)F)c2)CC1)NCc1ccc(F)cc1. The molecule has 2 heterocycles. The van der Waals surface area contributed by atoms with Gasteiger partial charge in [-0.05, 0) is 35.4 Å². The maximum atomic E-state index is 12.9. The second kappa shape index (κ2) is 9.32. The summed E-state index contributed by atoms with van der Waals surface area (Å²) in [5.41, 5.74) is 0.504. The van der Waals surface area contributed by atoms with Crippen LogP contribution >= 0.6 is 0 Å². The van der Waals surface area contributed by atoms with Crippen molar-refractivity contribution in [3.63, 3.8) is 0 Å². The van der Waals surface area contributed by atoms with Gasteiger partial charge in [0.1, 0.15) is 11.5 Å². The van der Waals surface area contributed by atoms with Gasteiger partial charge in [-0.25, -0.2) is 4.39 Å². The van der Waals surface area contributed by atoms with Crippen LogP contribution in [-0.4, -0.2) is 53.4 Å². The number of halogens is 4. The third-order valence-corrected chi connectivity index (χ3v) is 4.76. The van der Waals surface area contributed by atoms with Crippen LogP contribution in [0.2, 0.25) is 0 Å². The van der Waals surface area contributed by atoms with Gasteiger partial charge in [0, 0.05) is 45.5 Å². The van der Waals surface area contributed by atoms with E-state index in [2.05, 4.69) is 15.2 Å². The zero-order chi connectivity index (χ0) is 20.9. The highest BCUT2D eigenvalue weighted by Gasteiger charge is 2.32. The summed E-state index contributed by atoms with van der Waals surface area (Å²) >= 11 is 0. The number of nitrogens with one attached hydrogen (secondary N) is 1. The van der Waals surface area contributed by atoms with E-state index < -0.39 is 11.9 Å². The highest BCUT2D eigenvalue weighted by atomic mass is 19.4. The van der Waals surface area contributed by atoms with Gasteiger partial charge in [0.05, 0.1) is 6.54 Å².